The van der Waals surface area contributed by atoms with Crippen molar-refractivity contribution in [2.45, 2.75) is 0 Å². The number of hydrogen-bond acceptors (Lipinski definition) is 6. The van der Waals surface area contributed by atoms with Crippen LogP contribution >= 0.6 is 0 Å². The van der Waals surface area contributed by atoms with Gasteiger partial charge in [0.1, 0.15) is 17.3 Å². The normalized spacial score (nSPS) is 10.5. The van der Waals surface area contributed by atoms with Crippen LogP contribution in [0.5, 0.6) is 0 Å². The molecule has 130 valence electrons. The number of rotatable bonds is 3. The Morgan fingerprint density at radius 3 is 2.78 bits per heavy atom. The van der Waals surface area contributed by atoms with E-state index < -0.39 is 11.5 Å². The van der Waals surface area contributed by atoms with Gasteiger partial charge >= 0.3 is 0 Å². The molecule has 0 fully saturated rings. The predicted molar refractivity (Wildman–Crippen MR) is 96.4 cm³/mol. The van der Waals surface area contributed by atoms with Gasteiger partial charge in [0, 0.05) is 11.5 Å². The summed E-state index contributed by atoms with van der Waals surface area (Å²) in [4.78, 5) is 28.0. The fraction of sp³-hybridized carbons (Fsp3) is 0. The van der Waals surface area contributed by atoms with E-state index in [4.69, 9.17) is 0 Å². The highest BCUT2D eigenvalue weighted by molar-refractivity contribution is 6.03. The lowest BCUT2D eigenvalue weighted by Gasteiger charge is -2.09. The first-order valence-corrected chi connectivity index (χ1v) is 7.87. The number of nitrogens with one attached hydrogen (secondary N) is 2. The Balaban J connectivity index is 1.75. The van der Waals surface area contributed by atoms with E-state index in [0.717, 1.165) is 10.9 Å². The lowest BCUT2D eigenvalue weighted by Crippen LogP contribution is -2.20. The SMILES string of the molecule is N#Cc1cnn(-c2ccc3ccccc3n2)c1NC(=O)c1ccc(=O)[nH]n1. The van der Waals surface area contributed by atoms with Crippen LogP contribution in [0.25, 0.3) is 16.7 Å². The molecule has 0 bridgehead atoms. The third-order valence-corrected chi connectivity index (χ3v) is 3.83. The largest absolute Gasteiger partial charge is 0.304 e. The van der Waals surface area contributed by atoms with Crippen molar-refractivity contribution < 1.29 is 4.79 Å². The van der Waals surface area contributed by atoms with Crippen LogP contribution in [-0.4, -0.2) is 30.9 Å². The summed E-state index contributed by atoms with van der Waals surface area (Å²) in [6.45, 7) is 0. The molecule has 9 heteroatoms. The van der Waals surface area contributed by atoms with Crippen molar-refractivity contribution in [2.24, 2.45) is 0 Å². The topological polar surface area (TPSA) is 129 Å². The molecular weight excluding hydrogens is 346 g/mol. The van der Waals surface area contributed by atoms with Gasteiger partial charge in [-0.2, -0.15) is 20.1 Å². The Labute approximate surface area is 151 Å². The molecule has 1 aromatic carbocycles. The third kappa shape index (κ3) is 3.03. The van der Waals surface area contributed by atoms with E-state index in [0.29, 0.717) is 5.82 Å². The minimum absolute atomic E-state index is 0.00212. The summed E-state index contributed by atoms with van der Waals surface area (Å²) in [5.74, 6) is 0.0171. The molecule has 0 saturated heterocycles. The number of carbonyl (C=O) groups excluding carboxylic acids is 1. The van der Waals surface area contributed by atoms with Crippen LogP contribution < -0.4 is 10.9 Å². The van der Waals surface area contributed by atoms with Crippen molar-refractivity contribution in [2.75, 3.05) is 5.32 Å². The first-order chi connectivity index (χ1) is 13.2. The molecule has 0 radical (unpaired) electrons. The highest BCUT2D eigenvalue weighted by atomic mass is 16.2. The summed E-state index contributed by atoms with van der Waals surface area (Å²) >= 11 is 0. The highest BCUT2D eigenvalue weighted by Crippen LogP contribution is 2.21. The average molecular weight is 357 g/mol. The van der Waals surface area contributed by atoms with Crippen LogP contribution in [0.1, 0.15) is 16.1 Å². The minimum Gasteiger partial charge on any atom is -0.304 e. The number of benzene rings is 1. The summed E-state index contributed by atoms with van der Waals surface area (Å²) in [5.41, 5.74) is 0.499. The van der Waals surface area contributed by atoms with Crippen molar-refractivity contribution in [3.8, 4) is 11.9 Å². The molecule has 3 aromatic heterocycles. The van der Waals surface area contributed by atoms with Crippen LogP contribution in [-0.2, 0) is 0 Å². The second-order valence-electron chi connectivity index (χ2n) is 5.55. The van der Waals surface area contributed by atoms with Crippen molar-refractivity contribution in [3.63, 3.8) is 0 Å². The average Bonchev–Trinajstić information content (AvgIpc) is 3.10. The minimum atomic E-state index is -0.592. The second-order valence-corrected chi connectivity index (χ2v) is 5.55. The lowest BCUT2D eigenvalue weighted by atomic mass is 10.2. The number of nitriles is 1. The number of hydrogen-bond donors (Lipinski definition) is 2. The number of aromatic amines is 1. The van der Waals surface area contributed by atoms with Gasteiger partial charge in [0.2, 0.25) is 0 Å². The van der Waals surface area contributed by atoms with E-state index in [-0.39, 0.29) is 17.1 Å². The smallest absolute Gasteiger partial charge is 0.277 e. The maximum absolute atomic E-state index is 12.4. The third-order valence-electron chi connectivity index (χ3n) is 3.83. The summed E-state index contributed by atoms with van der Waals surface area (Å²) < 4.78 is 1.37. The predicted octanol–water partition coefficient (Wildman–Crippen LogP) is 1.63. The number of nitrogens with zero attached hydrogens (tertiary/aromatic N) is 5. The number of anilines is 1. The van der Waals surface area contributed by atoms with Gasteiger partial charge in [0.05, 0.1) is 11.7 Å². The van der Waals surface area contributed by atoms with Crippen LogP contribution in [0.15, 0.2) is 59.5 Å². The summed E-state index contributed by atoms with van der Waals surface area (Å²) in [5, 5.41) is 22.9. The number of carbonyl (C=O) groups is 1. The van der Waals surface area contributed by atoms with Gasteiger partial charge in [0.15, 0.2) is 11.6 Å². The molecule has 4 rings (SSSR count). The van der Waals surface area contributed by atoms with Crippen LogP contribution in [0, 0.1) is 11.3 Å². The van der Waals surface area contributed by atoms with Gasteiger partial charge in [-0.3, -0.25) is 9.59 Å². The van der Waals surface area contributed by atoms with Crippen molar-refractivity contribution in [1.82, 2.24) is 25.0 Å². The number of H-pyrrole nitrogens is 1. The molecule has 0 unspecified atom stereocenters. The highest BCUT2D eigenvalue weighted by Gasteiger charge is 2.18. The number of aromatic nitrogens is 5. The molecule has 0 aliphatic heterocycles. The first kappa shape index (κ1) is 16.2. The van der Waals surface area contributed by atoms with Gasteiger partial charge in [-0.1, -0.05) is 18.2 Å². The zero-order valence-corrected chi connectivity index (χ0v) is 13.7. The van der Waals surface area contributed by atoms with E-state index in [1.807, 2.05) is 36.4 Å². The van der Waals surface area contributed by atoms with Crippen LogP contribution in [0.4, 0.5) is 5.82 Å². The van der Waals surface area contributed by atoms with Crippen LogP contribution in [0.2, 0.25) is 0 Å². The van der Waals surface area contributed by atoms with E-state index in [1.54, 1.807) is 6.07 Å². The Hall–Kier alpha value is -4.32. The van der Waals surface area contributed by atoms with E-state index in [1.165, 1.54) is 23.0 Å². The fourth-order valence-corrected chi connectivity index (χ4v) is 2.54. The quantitative estimate of drug-likeness (QED) is 0.573. The molecular formula is C18H11N7O2. The molecule has 27 heavy (non-hydrogen) atoms. The van der Waals surface area contributed by atoms with Gasteiger partial charge in [-0.25, -0.2) is 10.1 Å². The number of fused-ring (bicyclic) bond motifs is 1. The maximum Gasteiger partial charge on any atom is 0.277 e. The van der Waals surface area contributed by atoms with E-state index in [2.05, 4.69) is 25.6 Å². The second kappa shape index (κ2) is 6.53. The number of pyridine rings is 1. The Morgan fingerprint density at radius 2 is 2.00 bits per heavy atom. The Morgan fingerprint density at radius 1 is 1.15 bits per heavy atom. The Kier molecular flexibility index (Phi) is 3.91. The Bertz CT molecular complexity index is 1250. The number of para-hydroxylation sites is 1. The van der Waals surface area contributed by atoms with Gasteiger partial charge in [0.25, 0.3) is 11.5 Å². The maximum atomic E-state index is 12.4. The molecule has 9 nitrogen and oxygen atoms in total. The van der Waals surface area contributed by atoms with Crippen molar-refractivity contribution in [3.05, 3.63) is 76.3 Å². The van der Waals surface area contributed by atoms with Gasteiger partial charge < -0.3 is 5.32 Å². The molecule has 0 atom stereocenters. The van der Waals surface area contributed by atoms with Gasteiger partial charge in [-0.15, -0.1) is 0 Å². The molecule has 3 heterocycles. The number of amides is 1. The molecule has 0 spiro atoms. The zero-order valence-electron chi connectivity index (χ0n) is 13.7. The molecule has 0 saturated carbocycles. The molecule has 2 N–H and O–H groups in total. The monoisotopic (exact) mass is 357 g/mol. The fourth-order valence-electron chi connectivity index (χ4n) is 2.54. The van der Waals surface area contributed by atoms with E-state index >= 15 is 0 Å². The molecule has 0 aliphatic rings. The first-order valence-electron chi connectivity index (χ1n) is 7.87. The van der Waals surface area contributed by atoms with Crippen molar-refractivity contribution in [1.29, 1.82) is 5.26 Å². The lowest BCUT2D eigenvalue weighted by molar-refractivity contribution is 0.102. The molecule has 4 aromatic rings. The van der Waals surface area contributed by atoms with Crippen molar-refractivity contribution >= 4 is 22.6 Å². The molecule has 0 aliphatic carbocycles. The van der Waals surface area contributed by atoms with Crippen LogP contribution in [0.3, 0.4) is 0 Å². The van der Waals surface area contributed by atoms with Gasteiger partial charge in [-0.05, 0) is 24.3 Å². The zero-order chi connectivity index (χ0) is 18.8. The summed E-state index contributed by atoms with van der Waals surface area (Å²) in [7, 11) is 0. The summed E-state index contributed by atoms with van der Waals surface area (Å²) in [6, 6.07) is 15.6. The summed E-state index contributed by atoms with van der Waals surface area (Å²) in [6.07, 6.45) is 1.34. The standard InChI is InChI=1S/C18H11N7O2/c19-9-12-10-20-25(15-7-5-11-3-1-2-4-13(11)21-15)17(12)22-18(27)14-6-8-16(26)24-23-14/h1-8,10H,(H,22,27)(H,24,26). The van der Waals surface area contributed by atoms with E-state index in [9.17, 15) is 14.9 Å². The molecule has 1 amide bonds.